The normalized spacial score (nSPS) is 10.9. The lowest BCUT2D eigenvalue weighted by Crippen LogP contribution is -1.84. The third kappa shape index (κ3) is 1.74. The van der Waals surface area contributed by atoms with Crippen LogP contribution in [-0.2, 0) is 0 Å². The highest BCUT2D eigenvalue weighted by atomic mass is 79.9. The smallest absolute Gasteiger partial charge is 0.131 e. The van der Waals surface area contributed by atoms with E-state index in [2.05, 4.69) is 20.9 Å². The second-order valence-corrected chi connectivity index (χ2v) is 4.72. The Morgan fingerprint density at radius 3 is 2.64 bits per heavy atom. The molecular formula is C10H6BrCl2N. The van der Waals surface area contributed by atoms with Crippen molar-refractivity contribution in [1.82, 2.24) is 4.98 Å². The van der Waals surface area contributed by atoms with E-state index in [4.69, 9.17) is 23.2 Å². The van der Waals surface area contributed by atoms with E-state index in [1.807, 2.05) is 19.1 Å². The van der Waals surface area contributed by atoms with Crippen LogP contribution in [0.5, 0.6) is 0 Å². The van der Waals surface area contributed by atoms with Crippen molar-refractivity contribution in [2.45, 2.75) is 6.92 Å². The largest absolute Gasteiger partial charge is 0.235 e. The number of hydrogen-bond donors (Lipinski definition) is 0. The molecule has 0 amide bonds. The van der Waals surface area contributed by atoms with Crippen molar-refractivity contribution in [3.8, 4) is 0 Å². The standard InChI is InChI=1S/C10H6BrCl2N/c1-5-2-6-8(12)4-9(13)14-10(6)7(11)3-5/h2-4H,1H3. The Hall–Kier alpha value is -0.310. The van der Waals surface area contributed by atoms with Gasteiger partial charge in [0, 0.05) is 9.86 Å². The summed E-state index contributed by atoms with van der Waals surface area (Å²) in [6, 6.07) is 5.63. The Morgan fingerprint density at radius 1 is 1.21 bits per heavy atom. The fraction of sp³-hybridized carbons (Fsp3) is 0.100. The van der Waals surface area contributed by atoms with Crippen molar-refractivity contribution in [2.24, 2.45) is 0 Å². The maximum atomic E-state index is 6.06. The van der Waals surface area contributed by atoms with Crippen LogP contribution in [0, 0.1) is 6.92 Å². The molecule has 0 N–H and O–H groups in total. The predicted octanol–water partition coefficient (Wildman–Crippen LogP) is 4.61. The summed E-state index contributed by atoms with van der Waals surface area (Å²) in [5, 5.41) is 1.96. The van der Waals surface area contributed by atoms with Crippen LogP contribution in [0.15, 0.2) is 22.7 Å². The number of pyridine rings is 1. The molecule has 0 fully saturated rings. The molecule has 0 unspecified atom stereocenters. The molecule has 1 aromatic heterocycles. The van der Waals surface area contributed by atoms with E-state index in [9.17, 15) is 0 Å². The molecule has 1 aromatic carbocycles. The molecule has 4 heteroatoms. The van der Waals surface area contributed by atoms with Crippen LogP contribution in [-0.4, -0.2) is 4.98 Å². The number of hydrogen-bond acceptors (Lipinski definition) is 1. The number of halogens is 3. The summed E-state index contributed by atoms with van der Waals surface area (Å²) in [5.41, 5.74) is 1.93. The molecule has 14 heavy (non-hydrogen) atoms. The first kappa shape index (κ1) is 10.2. The van der Waals surface area contributed by atoms with E-state index in [1.165, 1.54) is 0 Å². The quantitative estimate of drug-likeness (QED) is 0.646. The van der Waals surface area contributed by atoms with Crippen LogP contribution in [0.2, 0.25) is 10.2 Å². The molecular weight excluding hydrogens is 285 g/mol. The van der Waals surface area contributed by atoms with Crippen molar-refractivity contribution < 1.29 is 0 Å². The Balaban J connectivity index is 2.94. The molecule has 0 saturated carbocycles. The molecule has 2 rings (SSSR count). The summed E-state index contributed by atoms with van der Waals surface area (Å²) in [5.74, 6) is 0. The summed E-state index contributed by atoms with van der Waals surface area (Å²) >= 11 is 15.3. The van der Waals surface area contributed by atoms with Gasteiger partial charge in [0.2, 0.25) is 0 Å². The first-order valence-electron chi connectivity index (χ1n) is 4.00. The van der Waals surface area contributed by atoms with Crippen molar-refractivity contribution in [3.05, 3.63) is 38.4 Å². The Kier molecular flexibility index (Phi) is 2.69. The molecule has 72 valence electrons. The molecule has 0 radical (unpaired) electrons. The molecule has 0 bridgehead atoms. The van der Waals surface area contributed by atoms with Gasteiger partial charge in [0.1, 0.15) is 5.15 Å². The second-order valence-electron chi connectivity index (χ2n) is 3.07. The number of aryl methyl sites for hydroxylation is 1. The van der Waals surface area contributed by atoms with Crippen molar-refractivity contribution in [3.63, 3.8) is 0 Å². The molecule has 0 aliphatic carbocycles. The van der Waals surface area contributed by atoms with Crippen LogP contribution in [0.3, 0.4) is 0 Å². The molecule has 2 aromatic rings. The molecule has 0 spiro atoms. The molecule has 0 aliphatic rings. The zero-order valence-corrected chi connectivity index (χ0v) is 10.4. The van der Waals surface area contributed by atoms with Gasteiger partial charge in [-0.05, 0) is 46.6 Å². The lowest BCUT2D eigenvalue weighted by atomic mass is 10.1. The minimum atomic E-state index is 0.409. The van der Waals surface area contributed by atoms with Crippen molar-refractivity contribution in [1.29, 1.82) is 0 Å². The third-order valence-corrected chi connectivity index (χ3v) is 3.04. The van der Waals surface area contributed by atoms with Crippen LogP contribution >= 0.6 is 39.1 Å². The third-order valence-electron chi connectivity index (χ3n) is 1.93. The maximum absolute atomic E-state index is 6.06. The first-order chi connectivity index (χ1) is 6.58. The highest BCUT2D eigenvalue weighted by molar-refractivity contribution is 9.10. The summed E-state index contributed by atoms with van der Waals surface area (Å²) in [4.78, 5) is 4.21. The molecule has 0 atom stereocenters. The summed E-state index contributed by atoms with van der Waals surface area (Å²) in [6.45, 7) is 2.01. The number of benzene rings is 1. The van der Waals surface area contributed by atoms with E-state index < -0.39 is 0 Å². The minimum Gasteiger partial charge on any atom is -0.235 e. The molecule has 0 aliphatic heterocycles. The summed E-state index contributed by atoms with van der Waals surface area (Å²) in [6.07, 6.45) is 0. The van der Waals surface area contributed by atoms with Gasteiger partial charge in [-0.1, -0.05) is 23.2 Å². The van der Waals surface area contributed by atoms with Gasteiger partial charge < -0.3 is 0 Å². The van der Waals surface area contributed by atoms with Gasteiger partial charge >= 0.3 is 0 Å². The lowest BCUT2D eigenvalue weighted by Gasteiger charge is -2.04. The Bertz CT molecular complexity index is 464. The minimum absolute atomic E-state index is 0.409. The summed E-state index contributed by atoms with van der Waals surface area (Å²) < 4.78 is 0.914. The van der Waals surface area contributed by atoms with E-state index in [-0.39, 0.29) is 0 Å². The van der Waals surface area contributed by atoms with Gasteiger partial charge in [-0.25, -0.2) is 4.98 Å². The van der Waals surface area contributed by atoms with E-state index in [1.54, 1.807) is 6.07 Å². The van der Waals surface area contributed by atoms with Gasteiger partial charge in [-0.3, -0.25) is 0 Å². The topological polar surface area (TPSA) is 12.9 Å². The van der Waals surface area contributed by atoms with Gasteiger partial charge in [-0.15, -0.1) is 0 Å². The fourth-order valence-electron chi connectivity index (χ4n) is 1.35. The second kappa shape index (κ2) is 3.69. The van der Waals surface area contributed by atoms with Gasteiger partial charge in [-0.2, -0.15) is 0 Å². The van der Waals surface area contributed by atoms with E-state index in [0.717, 1.165) is 20.9 Å². The fourth-order valence-corrected chi connectivity index (χ4v) is 2.51. The van der Waals surface area contributed by atoms with Crippen molar-refractivity contribution in [2.75, 3.05) is 0 Å². The SMILES string of the molecule is Cc1cc(Br)c2nc(Cl)cc(Cl)c2c1. The Morgan fingerprint density at radius 2 is 1.93 bits per heavy atom. The molecule has 1 heterocycles. The summed E-state index contributed by atoms with van der Waals surface area (Å²) in [7, 11) is 0. The molecule has 1 nitrogen and oxygen atoms in total. The lowest BCUT2D eigenvalue weighted by molar-refractivity contribution is 1.38. The van der Waals surface area contributed by atoms with E-state index >= 15 is 0 Å². The van der Waals surface area contributed by atoms with Crippen LogP contribution < -0.4 is 0 Å². The van der Waals surface area contributed by atoms with Crippen LogP contribution in [0.4, 0.5) is 0 Å². The predicted molar refractivity (Wildman–Crippen MR) is 64.2 cm³/mol. The van der Waals surface area contributed by atoms with Crippen LogP contribution in [0.1, 0.15) is 5.56 Å². The van der Waals surface area contributed by atoms with Crippen molar-refractivity contribution >= 4 is 50.0 Å². The highest BCUT2D eigenvalue weighted by Crippen LogP contribution is 2.31. The van der Waals surface area contributed by atoms with Gasteiger partial charge in [0.15, 0.2) is 0 Å². The number of rotatable bonds is 0. The Labute approximate surface area is 100 Å². The average Bonchev–Trinajstić information content (AvgIpc) is 2.07. The maximum Gasteiger partial charge on any atom is 0.131 e. The zero-order valence-electron chi connectivity index (χ0n) is 7.31. The molecule has 0 saturated heterocycles. The van der Waals surface area contributed by atoms with Gasteiger partial charge in [0.25, 0.3) is 0 Å². The van der Waals surface area contributed by atoms with Crippen LogP contribution in [0.25, 0.3) is 10.9 Å². The van der Waals surface area contributed by atoms with E-state index in [0.29, 0.717) is 10.2 Å². The zero-order chi connectivity index (χ0) is 10.3. The van der Waals surface area contributed by atoms with Gasteiger partial charge in [0.05, 0.1) is 10.5 Å². The number of nitrogens with zero attached hydrogens (tertiary/aromatic N) is 1. The first-order valence-corrected chi connectivity index (χ1v) is 5.55. The number of fused-ring (bicyclic) bond motifs is 1. The highest BCUT2D eigenvalue weighted by Gasteiger charge is 2.06. The number of aromatic nitrogens is 1. The average molecular weight is 291 g/mol. The monoisotopic (exact) mass is 289 g/mol.